The van der Waals surface area contributed by atoms with Crippen molar-refractivity contribution in [2.45, 2.75) is 23.6 Å². The van der Waals surface area contributed by atoms with E-state index in [1.165, 1.54) is 11.8 Å². The number of nitrogens with zero attached hydrogens (tertiary/aromatic N) is 1. The van der Waals surface area contributed by atoms with E-state index in [0.717, 1.165) is 31.5 Å². The molecule has 156 valence electrons. The van der Waals surface area contributed by atoms with Crippen LogP contribution in [-0.4, -0.2) is 27.1 Å². The molecular formula is C23H24N2O3S2. The summed E-state index contributed by atoms with van der Waals surface area (Å²) in [6, 6.07) is 22.7. The first-order chi connectivity index (χ1) is 14.2. The van der Waals surface area contributed by atoms with E-state index in [2.05, 4.69) is 5.32 Å². The lowest BCUT2D eigenvalue weighted by atomic mass is 10.1. The second kappa shape index (κ2) is 9.36. The van der Waals surface area contributed by atoms with E-state index in [1.54, 1.807) is 12.1 Å². The Morgan fingerprint density at radius 2 is 1.60 bits per heavy atom. The lowest BCUT2D eigenvalue weighted by Gasteiger charge is -2.23. The molecule has 3 rings (SSSR count). The number of carbonyl (C=O) groups excluding carboxylic acids is 1. The standard InChI is InChI=1S/C23H24N2O3S2/c1-17-13-14-19(15-18(17)2)25(30(3,27)28)16-23(26)24-21-11-7-8-12-22(21)29-20-9-5-4-6-10-20/h4-15H,16H2,1-3H3,(H,24,26). The molecule has 3 aromatic rings. The minimum absolute atomic E-state index is 0.300. The third-order valence-electron chi connectivity index (χ3n) is 4.60. The van der Waals surface area contributed by atoms with Crippen molar-refractivity contribution < 1.29 is 13.2 Å². The summed E-state index contributed by atoms with van der Waals surface area (Å²) in [5, 5.41) is 2.86. The summed E-state index contributed by atoms with van der Waals surface area (Å²) in [6.45, 7) is 3.57. The van der Waals surface area contributed by atoms with Crippen molar-refractivity contribution in [2.75, 3.05) is 22.4 Å². The molecule has 0 unspecified atom stereocenters. The number of nitrogens with one attached hydrogen (secondary N) is 1. The largest absolute Gasteiger partial charge is 0.323 e. The highest BCUT2D eigenvalue weighted by atomic mass is 32.2. The third-order valence-corrected chi connectivity index (χ3v) is 6.82. The molecule has 0 radical (unpaired) electrons. The fourth-order valence-electron chi connectivity index (χ4n) is 2.88. The van der Waals surface area contributed by atoms with Crippen molar-refractivity contribution in [3.8, 4) is 0 Å². The van der Waals surface area contributed by atoms with Crippen LogP contribution in [0.15, 0.2) is 82.6 Å². The number of hydrogen-bond donors (Lipinski definition) is 1. The van der Waals surface area contributed by atoms with Crippen molar-refractivity contribution in [1.29, 1.82) is 0 Å². The second-order valence-electron chi connectivity index (χ2n) is 7.00. The minimum Gasteiger partial charge on any atom is -0.323 e. The summed E-state index contributed by atoms with van der Waals surface area (Å²) in [7, 11) is -3.63. The summed E-state index contributed by atoms with van der Waals surface area (Å²) >= 11 is 1.53. The molecule has 0 spiro atoms. The molecule has 3 aromatic carbocycles. The van der Waals surface area contributed by atoms with E-state index >= 15 is 0 Å². The highest BCUT2D eigenvalue weighted by molar-refractivity contribution is 7.99. The molecule has 0 fully saturated rings. The van der Waals surface area contributed by atoms with Gasteiger partial charge in [0.1, 0.15) is 6.54 Å². The number of benzene rings is 3. The molecule has 0 saturated carbocycles. The number of anilines is 2. The van der Waals surface area contributed by atoms with Crippen molar-refractivity contribution in [3.05, 3.63) is 83.9 Å². The summed E-state index contributed by atoms with van der Waals surface area (Å²) in [6.07, 6.45) is 1.11. The first kappa shape index (κ1) is 21.9. The molecule has 0 aromatic heterocycles. The van der Waals surface area contributed by atoms with Crippen LogP contribution >= 0.6 is 11.8 Å². The molecule has 0 saturated heterocycles. The number of carbonyl (C=O) groups is 1. The number of amides is 1. The molecule has 0 aliphatic rings. The van der Waals surface area contributed by atoms with Crippen LogP contribution in [0.1, 0.15) is 11.1 Å². The third kappa shape index (κ3) is 5.64. The highest BCUT2D eigenvalue weighted by Crippen LogP contribution is 2.33. The predicted octanol–water partition coefficient (Wildman–Crippen LogP) is 4.86. The normalized spacial score (nSPS) is 11.2. The Hall–Kier alpha value is -2.77. The van der Waals surface area contributed by atoms with Gasteiger partial charge in [-0.3, -0.25) is 9.10 Å². The van der Waals surface area contributed by atoms with Crippen LogP contribution in [0.25, 0.3) is 0 Å². The number of para-hydroxylation sites is 1. The fourth-order valence-corrected chi connectivity index (χ4v) is 4.65. The number of aryl methyl sites for hydroxylation is 2. The van der Waals surface area contributed by atoms with Crippen molar-refractivity contribution in [3.63, 3.8) is 0 Å². The monoisotopic (exact) mass is 440 g/mol. The van der Waals surface area contributed by atoms with Gasteiger partial charge in [-0.1, -0.05) is 48.2 Å². The Kier molecular flexibility index (Phi) is 6.84. The molecule has 1 N–H and O–H groups in total. The fraction of sp³-hybridized carbons (Fsp3) is 0.174. The van der Waals surface area contributed by atoms with E-state index in [-0.39, 0.29) is 6.54 Å². The van der Waals surface area contributed by atoms with Gasteiger partial charge in [-0.15, -0.1) is 0 Å². The van der Waals surface area contributed by atoms with Crippen LogP contribution in [0, 0.1) is 13.8 Å². The van der Waals surface area contributed by atoms with Gasteiger partial charge in [-0.05, 0) is 61.4 Å². The highest BCUT2D eigenvalue weighted by Gasteiger charge is 2.21. The molecule has 0 bridgehead atoms. The Labute approximate surface area is 182 Å². The van der Waals surface area contributed by atoms with Gasteiger partial charge in [0, 0.05) is 9.79 Å². The van der Waals surface area contributed by atoms with Crippen molar-refractivity contribution >= 4 is 39.1 Å². The summed E-state index contributed by atoms with van der Waals surface area (Å²) in [5.74, 6) is -0.403. The molecule has 7 heteroatoms. The minimum atomic E-state index is -3.63. The van der Waals surface area contributed by atoms with Crippen molar-refractivity contribution in [2.24, 2.45) is 0 Å². The average molecular weight is 441 g/mol. The Bertz CT molecular complexity index is 1150. The lowest BCUT2D eigenvalue weighted by molar-refractivity contribution is -0.114. The smallest absolute Gasteiger partial charge is 0.245 e. The van der Waals surface area contributed by atoms with Crippen molar-refractivity contribution in [1.82, 2.24) is 0 Å². The number of rotatable bonds is 7. The summed E-state index contributed by atoms with van der Waals surface area (Å²) < 4.78 is 25.9. The first-order valence-corrected chi connectivity index (χ1v) is 12.1. The second-order valence-corrected chi connectivity index (χ2v) is 10.0. The maximum absolute atomic E-state index is 12.8. The summed E-state index contributed by atoms with van der Waals surface area (Å²) in [4.78, 5) is 14.7. The van der Waals surface area contributed by atoms with Gasteiger partial charge in [-0.2, -0.15) is 0 Å². The van der Waals surface area contributed by atoms with Crippen LogP contribution in [0.2, 0.25) is 0 Å². The molecule has 30 heavy (non-hydrogen) atoms. The Morgan fingerprint density at radius 3 is 2.27 bits per heavy atom. The first-order valence-electron chi connectivity index (χ1n) is 9.41. The maximum atomic E-state index is 12.8. The SMILES string of the molecule is Cc1ccc(N(CC(=O)Nc2ccccc2Sc2ccccc2)S(C)(=O)=O)cc1C. The van der Waals surface area contributed by atoms with E-state index in [0.29, 0.717) is 11.4 Å². The zero-order valence-electron chi connectivity index (χ0n) is 17.1. The van der Waals surface area contributed by atoms with Crippen LogP contribution in [0.4, 0.5) is 11.4 Å². The van der Waals surface area contributed by atoms with Gasteiger partial charge in [0.25, 0.3) is 0 Å². The van der Waals surface area contributed by atoms with Gasteiger partial charge in [0.15, 0.2) is 0 Å². The van der Waals surface area contributed by atoms with Gasteiger partial charge in [0.2, 0.25) is 15.9 Å². The van der Waals surface area contributed by atoms with Crippen LogP contribution in [0.5, 0.6) is 0 Å². The van der Waals surface area contributed by atoms with Gasteiger partial charge in [0.05, 0.1) is 17.6 Å². The quantitative estimate of drug-likeness (QED) is 0.570. The van der Waals surface area contributed by atoms with Gasteiger partial charge < -0.3 is 5.32 Å². The van der Waals surface area contributed by atoms with Gasteiger partial charge >= 0.3 is 0 Å². The van der Waals surface area contributed by atoms with Gasteiger partial charge in [-0.25, -0.2) is 8.42 Å². The zero-order valence-corrected chi connectivity index (χ0v) is 18.8. The van der Waals surface area contributed by atoms with Crippen LogP contribution in [-0.2, 0) is 14.8 Å². The average Bonchev–Trinajstić information content (AvgIpc) is 2.70. The molecule has 0 heterocycles. The van der Waals surface area contributed by atoms with E-state index in [9.17, 15) is 13.2 Å². The number of sulfonamides is 1. The predicted molar refractivity (Wildman–Crippen MR) is 124 cm³/mol. The zero-order chi connectivity index (χ0) is 21.7. The van der Waals surface area contributed by atoms with E-state index in [1.807, 2.05) is 74.5 Å². The molecule has 0 atom stereocenters. The number of hydrogen-bond acceptors (Lipinski definition) is 4. The molecule has 0 aliphatic heterocycles. The van der Waals surface area contributed by atoms with Crippen LogP contribution < -0.4 is 9.62 Å². The van der Waals surface area contributed by atoms with E-state index in [4.69, 9.17) is 0 Å². The van der Waals surface area contributed by atoms with Crippen LogP contribution in [0.3, 0.4) is 0 Å². The molecule has 1 amide bonds. The molecule has 0 aliphatic carbocycles. The Balaban J connectivity index is 1.80. The topological polar surface area (TPSA) is 66.5 Å². The van der Waals surface area contributed by atoms with E-state index < -0.39 is 15.9 Å². The molecule has 5 nitrogen and oxygen atoms in total. The summed E-state index contributed by atoms with van der Waals surface area (Å²) in [5.41, 5.74) is 3.14. The Morgan fingerprint density at radius 1 is 0.933 bits per heavy atom. The molecular weight excluding hydrogens is 416 g/mol. The lowest BCUT2D eigenvalue weighted by Crippen LogP contribution is -2.37. The maximum Gasteiger partial charge on any atom is 0.245 e.